The van der Waals surface area contributed by atoms with Crippen molar-refractivity contribution in [2.45, 2.75) is 67.5 Å². The van der Waals surface area contributed by atoms with E-state index in [4.69, 9.17) is 21.3 Å². The van der Waals surface area contributed by atoms with Gasteiger partial charge in [0.05, 0.1) is 29.5 Å². The van der Waals surface area contributed by atoms with Crippen molar-refractivity contribution in [2.75, 3.05) is 5.73 Å². The summed E-state index contributed by atoms with van der Waals surface area (Å²) >= 11 is 1.36. The molecule has 0 radical (unpaired) electrons. The molecule has 38 heavy (non-hydrogen) atoms. The number of rotatable bonds is 6. The first-order valence-corrected chi connectivity index (χ1v) is 13.2. The predicted molar refractivity (Wildman–Crippen MR) is 142 cm³/mol. The van der Waals surface area contributed by atoms with Crippen molar-refractivity contribution < 1.29 is 13.9 Å². The summed E-state index contributed by atoms with van der Waals surface area (Å²) in [5.41, 5.74) is 16.0. The minimum absolute atomic E-state index is 0.116. The lowest BCUT2D eigenvalue weighted by Crippen LogP contribution is -2.34. The first-order chi connectivity index (χ1) is 18.2. The van der Waals surface area contributed by atoms with Gasteiger partial charge in [0.2, 0.25) is 0 Å². The van der Waals surface area contributed by atoms with Crippen molar-refractivity contribution in [1.82, 2.24) is 19.4 Å². The Kier molecular flexibility index (Phi) is 7.10. The topological polar surface area (TPSA) is 137 Å². The van der Waals surface area contributed by atoms with E-state index in [2.05, 4.69) is 11.2 Å². The molecule has 196 valence electrons. The molecule has 1 atom stereocenters. The minimum Gasteiger partial charge on any atom is -0.461 e. The molecule has 1 aliphatic rings. The van der Waals surface area contributed by atoms with Crippen molar-refractivity contribution in [3.8, 4) is 17.2 Å². The number of halogens is 1. The fourth-order valence-corrected chi connectivity index (χ4v) is 5.91. The van der Waals surface area contributed by atoms with Crippen LogP contribution < -0.4 is 11.5 Å². The van der Waals surface area contributed by atoms with Crippen molar-refractivity contribution in [3.05, 3.63) is 59.9 Å². The van der Waals surface area contributed by atoms with Crippen molar-refractivity contribution in [1.29, 1.82) is 5.26 Å². The highest BCUT2D eigenvalue weighted by Crippen LogP contribution is 2.39. The van der Waals surface area contributed by atoms with Crippen LogP contribution in [-0.2, 0) is 9.53 Å². The van der Waals surface area contributed by atoms with Crippen LogP contribution in [0.25, 0.3) is 16.6 Å². The summed E-state index contributed by atoms with van der Waals surface area (Å²) in [7, 11) is 0. The highest BCUT2D eigenvalue weighted by atomic mass is 32.2. The van der Waals surface area contributed by atoms with Gasteiger partial charge in [0.1, 0.15) is 24.0 Å². The molecule has 5 rings (SSSR count). The van der Waals surface area contributed by atoms with Gasteiger partial charge in [0, 0.05) is 38.5 Å². The van der Waals surface area contributed by atoms with E-state index in [1.807, 2.05) is 30.1 Å². The number of ether oxygens (including phenoxy) is 1. The highest BCUT2D eigenvalue weighted by molar-refractivity contribution is 7.99. The molecule has 3 heterocycles. The van der Waals surface area contributed by atoms with Gasteiger partial charge in [-0.15, -0.1) is 0 Å². The number of benzene rings is 1. The smallest absolute Gasteiger partial charge is 0.322 e. The molecule has 0 saturated heterocycles. The molecule has 3 aromatic heterocycles. The zero-order valence-electron chi connectivity index (χ0n) is 21.1. The van der Waals surface area contributed by atoms with E-state index in [1.54, 1.807) is 17.5 Å². The van der Waals surface area contributed by atoms with E-state index in [9.17, 15) is 14.4 Å². The van der Waals surface area contributed by atoms with Crippen LogP contribution in [0.5, 0.6) is 0 Å². The molecule has 1 saturated carbocycles. The Morgan fingerprint density at radius 3 is 2.66 bits per heavy atom. The fourth-order valence-electron chi connectivity index (χ4n) is 4.88. The van der Waals surface area contributed by atoms with Gasteiger partial charge in [-0.2, -0.15) is 15.5 Å². The van der Waals surface area contributed by atoms with Crippen LogP contribution in [0.4, 0.5) is 10.1 Å². The Morgan fingerprint density at radius 2 is 1.97 bits per heavy atom. The molecule has 1 aromatic carbocycles. The summed E-state index contributed by atoms with van der Waals surface area (Å²) in [6, 6.07) is 8.04. The number of carbonyl (C=O) groups excluding carboxylic acids is 1. The zero-order valence-corrected chi connectivity index (χ0v) is 21.9. The SMILES string of the molecule is Cc1c(-c2cc(Sc3ccc(F)cc3N)c3c(C#N)cnn3c2)cnn1[C@H]1CC[C@H](OC(=O)[C@H](C)N)CC1. The van der Waals surface area contributed by atoms with E-state index in [0.29, 0.717) is 21.7 Å². The second-order valence-electron chi connectivity index (χ2n) is 9.58. The summed E-state index contributed by atoms with van der Waals surface area (Å²) in [6.45, 7) is 3.66. The Morgan fingerprint density at radius 1 is 1.21 bits per heavy atom. The summed E-state index contributed by atoms with van der Waals surface area (Å²) in [6.07, 6.45) is 8.34. The third-order valence-electron chi connectivity index (χ3n) is 6.89. The summed E-state index contributed by atoms with van der Waals surface area (Å²) in [4.78, 5) is 13.3. The molecule has 4 N–H and O–H groups in total. The Labute approximate surface area is 223 Å². The van der Waals surface area contributed by atoms with Gasteiger partial charge < -0.3 is 16.2 Å². The number of nitrogens with two attached hydrogens (primary N) is 2. The van der Waals surface area contributed by atoms with Gasteiger partial charge in [0.25, 0.3) is 0 Å². The lowest BCUT2D eigenvalue weighted by atomic mass is 9.92. The van der Waals surface area contributed by atoms with Crippen molar-refractivity contribution in [3.63, 3.8) is 0 Å². The molecule has 0 spiro atoms. The maximum atomic E-state index is 13.6. The molecule has 4 aromatic rings. The summed E-state index contributed by atoms with van der Waals surface area (Å²) in [5, 5.41) is 18.7. The van der Waals surface area contributed by atoms with Gasteiger partial charge in [-0.05, 0) is 63.8 Å². The maximum absolute atomic E-state index is 13.6. The number of fused-ring (bicyclic) bond motifs is 1. The monoisotopic (exact) mass is 533 g/mol. The number of pyridine rings is 1. The van der Waals surface area contributed by atoms with Gasteiger partial charge in [-0.25, -0.2) is 8.91 Å². The predicted octanol–water partition coefficient (Wildman–Crippen LogP) is 4.62. The van der Waals surface area contributed by atoms with Crippen LogP contribution in [0, 0.1) is 24.1 Å². The number of carbonyl (C=O) groups is 1. The first-order valence-electron chi connectivity index (χ1n) is 12.4. The number of hydrogen-bond acceptors (Lipinski definition) is 8. The first kappa shape index (κ1) is 25.8. The molecule has 9 nitrogen and oxygen atoms in total. The van der Waals surface area contributed by atoms with E-state index >= 15 is 0 Å². The second-order valence-corrected chi connectivity index (χ2v) is 10.7. The minimum atomic E-state index is -0.623. The van der Waals surface area contributed by atoms with E-state index < -0.39 is 11.9 Å². The van der Waals surface area contributed by atoms with Crippen LogP contribution in [-0.4, -0.2) is 37.5 Å². The third kappa shape index (κ3) is 4.97. The largest absolute Gasteiger partial charge is 0.461 e. The lowest BCUT2D eigenvalue weighted by Gasteiger charge is -2.29. The second kappa shape index (κ2) is 10.5. The van der Waals surface area contributed by atoms with Gasteiger partial charge >= 0.3 is 5.97 Å². The maximum Gasteiger partial charge on any atom is 0.322 e. The van der Waals surface area contributed by atoms with Crippen molar-refractivity contribution >= 4 is 28.9 Å². The van der Waals surface area contributed by atoms with E-state index in [-0.39, 0.29) is 18.1 Å². The zero-order chi connectivity index (χ0) is 27.0. The van der Waals surface area contributed by atoms with Crippen LogP contribution in [0.3, 0.4) is 0 Å². The lowest BCUT2D eigenvalue weighted by molar-refractivity contribution is -0.152. The van der Waals surface area contributed by atoms with Gasteiger partial charge in [-0.3, -0.25) is 9.48 Å². The molecule has 0 bridgehead atoms. The number of nitrogen functional groups attached to an aromatic ring is 1. The van der Waals surface area contributed by atoms with Crippen LogP contribution >= 0.6 is 11.8 Å². The average Bonchev–Trinajstić information content (AvgIpc) is 3.49. The Hall–Kier alpha value is -3.88. The number of nitrogens with zero attached hydrogens (tertiary/aromatic N) is 5. The summed E-state index contributed by atoms with van der Waals surface area (Å²) in [5.74, 6) is -0.771. The van der Waals surface area contributed by atoms with E-state index in [1.165, 1.54) is 30.1 Å². The fraction of sp³-hybridized carbons (Fsp3) is 0.333. The molecular weight excluding hydrogens is 505 g/mol. The molecule has 0 amide bonds. The van der Waals surface area contributed by atoms with Gasteiger partial charge in [0.15, 0.2) is 0 Å². The van der Waals surface area contributed by atoms with Crippen molar-refractivity contribution in [2.24, 2.45) is 5.73 Å². The van der Waals surface area contributed by atoms with Crippen LogP contribution in [0.2, 0.25) is 0 Å². The molecule has 1 aliphatic carbocycles. The molecular formula is C27H28FN7O2S. The van der Waals surface area contributed by atoms with E-state index in [0.717, 1.165) is 47.4 Å². The van der Waals surface area contributed by atoms with Gasteiger partial charge in [-0.1, -0.05) is 11.8 Å². The molecule has 0 aliphatic heterocycles. The molecule has 0 unspecified atom stereocenters. The highest BCUT2D eigenvalue weighted by Gasteiger charge is 2.28. The quantitative estimate of drug-likeness (QED) is 0.270. The molecule has 1 fully saturated rings. The normalized spacial score (nSPS) is 18.3. The Bertz CT molecular complexity index is 1550. The number of anilines is 1. The summed E-state index contributed by atoms with van der Waals surface area (Å²) < 4.78 is 22.9. The third-order valence-corrected chi connectivity index (χ3v) is 8.01. The number of aromatic nitrogens is 4. The molecule has 11 heteroatoms. The number of hydrogen-bond donors (Lipinski definition) is 2. The van der Waals surface area contributed by atoms with Crippen LogP contribution in [0.1, 0.15) is 49.9 Å². The number of esters is 1. The number of nitriles is 1. The Balaban J connectivity index is 1.44. The van der Waals surface area contributed by atoms with Crippen LogP contribution in [0.15, 0.2) is 52.6 Å². The average molecular weight is 534 g/mol. The standard InChI is InChI=1S/C27H28FN7O2S/c1-15(30)27(36)37-21-6-4-20(5-7-21)35-16(2)22(13-33-35)17-9-25(26-18(11-29)12-32-34(26)14-17)38-24-8-3-19(28)10-23(24)31/h3,8-10,12-15,20-21H,4-7,30-31H2,1-2H3/t15-,20-,21-/m0/s1.